The summed E-state index contributed by atoms with van der Waals surface area (Å²) in [6.07, 6.45) is 2.99. The average molecular weight is 343 g/mol. The molecule has 6 nitrogen and oxygen atoms in total. The van der Waals surface area contributed by atoms with E-state index in [9.17, 15) is 4.79 Å². The van der Waals surface area contributed by atoms with E-state index in [1.807, 2.05) is 43.3 Å². The van der Waals surface area contributed by atoms with Gasteiger partial charge in [0.1, 0.15) is 0 Å². The monoisotopic (exact) mass is 343 g/mol. The zero-order valence-electron chi connectivity index (χ0n) is 14.3. The number of rotatable bonds is 5. The van der Waals surface area contributed by atoms with Crippen molar-refractivity contribution in [2.24, 2.45) is 0 Å². The third kappa shape index (κ3) is 3.84. The molecule has 0 saturated heterocycles. The van der Waals surface area contributed by atoms with Gasteiger partial charge in [0.05, 0.1) is 17.2 Å². The molecule has 6 heteroatoms. The van der Waals surface area contributed by atoms with Gasteiger partial charge in [0.25, 0.3) is 5.91 Å². The van der Waals surface area contributed by atoms with E-state index in [1.54, 1.807) is 23.1 Å². The highest BCUT2D eigenvalue weighted by molar-refractivity contribution is 6.05. The number of aromatic nitrogens is 2. The zero-order chi connectivity index (χ0) is 18.4. The summed E-state index contributed by atoms with van der Waals surface area (Å²) in [6.45, 7) is 2.47. The predicted octanol–water partition coefficient (Wildman–Crippen LogP) is 3.76. The molecule has 0 fully saturated rings. The average Bonchev–Trinajstić information content (AvgIpc) is 2.70. The first-order valence-electron chi connectivity index (χ1n) is 8.17. The first-order chi connectivity index (χ1) is 12.7. The van der Waals surface area contributed by atoms with Crippen LogP contribution in [0.1, 0.15) is 22.8 Å². The maximum absolute atomic E-state index is 12.7. The van der Waals surface area contributed by atoms with Crippen molar-refractivity contribution in [3.8, 4) is 6.07 Å². The van der Waals surface area contributed by atoms with Gasteiger partial charge in [-0.15, -0.1) is 0 Å². The lowest BCUT2D eigenvalue weighted by molar-refractivity contribution is 0.0987. The topological polar surface area (TPSA) is 81.9 Å². The van der Waals surface area contributed by atoms with Crippen molar-refractivity contribution in [3.63, 3.8) is 0 Å². The molecule has 1 aromatic heterocycles. The van der Waals surface area contributed by atoms with E-state index in [1.165, 1.54) is 12.4 Å². The van der Waals surface area contributed by atoms with Crippen LogP contribution in [0.25, 0.3) is 0 Å². The molecule has 0 bridgehead atoms. The highest BCUT2D eigenvalue weighted by Crippen LogP contribution is 2.17. The van der Waals surface area contributed by atoms with E-state index < -0.39 is 0 Å². The SMILES string of the molecule is CCN(C(=O)c1cnc(Nc2cccc(C#N)c2)nc1)c1ccccc1. The van der Waals surface area contributed by atoms with Crippen molar-refractivity contribution in [2.75, 3.05) is 16.8 Å². The third-order valence-electron chi connectivity index (χ3n) is 3.78. The zero-order valence-corrected chi connectivity index (χ0v) is 14.3. The van der Waals surface area contributed by atoms with E-state index in [-0.39, 0.29) is 5.91 Å². The minimum atomic E-state index is -0.156. The van der Waals surface area contributed by atoms with Crippen molar-refractivity contribution in [2.45, 2.75) is 6.92 Å². The quantitative estimate of drug-likeness (QED) is 0.763. The van der Waals surface area contributed by atoms with Gasteiger partial charge in [-0.05, 0) is 37.3 Å². The summed E-state index contributed by atoms with van der Waals surface area (Å²) in [4.78, 5) is 22.8. The van der Waals surface area contributed by atoms with Gasteiger partial charge in [-0.1, -0.05) is 24.3 Å². The number of nitrogens with one attached hydrogen (secondary N) is 1. The molecule has 128 valence electrons. The maximum atomic E-state index is 12.7. The van der Waals surface area contributed by atoms with Crippen LogP contribution < -0.4 is 10.2 Å². The molecule has 0 atom stereocenters. The highest BCUT2D eigenvalue weighted by Gasteiger charge is 2.16. The minimum absolute atomic E-state index is 0.156. The van der Waals surface area contributed by atoms with Crippen molar-refractivity contribution >= 4 is 23.2 Å². The van der Waals surface area contributed by atoms with Gasteiger partial charge >= 0.3 is 0 Å². The van der Waals surface area contributed by atoms with Crippen LogP contribution in [-0.4, -0.2) is 22.4 Å². The van der Waals surface area contributed by atoms with Crippen LogP contribution in [0.2, 0.25) is 0 Å². The minimum Gasteiger partial charge on any atom is -0.324 e. The summed E-state index contributed by atoms with van der Waals surface area (Å²) in [5, 5.41) is 12.0. The molecular formula is C20H17N5O. The molecule has 0 aliphatic heterocycles. The Morgan fingerprint density at radius 2 is 1.85 bits per heavy atom. The first kappa shape index (κ1) is 17.1. The first-order valence-corrected chi connectivity index (χ1v) is 8.17. The maximum Gasteiger partial charge on any atom is 0.261 e. The van der Waals surface area contributed by atoms with Crippen LogP contribution >= 0.6 is 0 Å². The Morgan fingerprint density at radius 1 is 1.12 bits per heavy atom. The van der Waals surface area contributed by atoms with Gasteiger partial charge < -0.3 is 10.2 Å². The molecule has 1 amide bonds. The Balaban J connectivity index is 1.76. The number of amides is 1. The van der Waals surface area contributed by atoms with Crippen molar-refractivity contribution in [1.29, 1.82) is 5.26 Å². The summed E-state index contributed by atoms with van der Waals surface area (Å²) in [6, 6.07) is 18.6. The third-order valence-corrected chi connectivity index (χ3v) is 3.78. The van der Waals surface area contributed by atoms with Crippen LogP contribution in [0.4, 0.5) is 17.3 Å². The van der Waals surface area contributed by atoms with E-state index in [4.69, 9.17) is 5.26 Å². The number of anilines is 3. The van der Waals surface area contributed by atoms with Crippen LogP contribution in [0.3, 0.4) is 0 Å². The summed E-state index contributed by atoms with van der Waals surface area (Å²) in [5.74, 6) is 0.205. The lowest BCUT2D eigenvalue weighted by Gasteiger charge is -2.20. The van der Waals surface area contributed by atoms with Gasteiger partial charge in [0.2, 0.25) is 5.95 Å². The molecule has 0 unspecified atom stereocenters. The van der Waals surface area contributed by atoms with Crippen LogP contribution in [0.5, 0.6) is 0 Å². The van der Waals surface area contributed by atoms with Gasteiger partial charge in [0, 0.05) is 30.3 Å². The number of carbonyl (C=O) groups is 1. The fourth-order valence-electron chi connectivity index (χ4n) is 2.51. The van der Waals surface area contributed by atoms with Gasteiger partial charge in [-0.2, -0.15) is 5.26 Å². The Labute approximate surface area is 151 Å². The fraction of sp³-hybridized carbons (Fsp3) is 0.100. The number of para-hydroxylation sites is 1. The molecule has 0 spiro atoms. The Bertz CT molecular complexity index is 932. The van der Waals surface area contributed by atoms with Gasteiger partial charge in [-0.3, -0.25) is 4.79 Å². The Hall–Kier alpha value is -3.72. The normalized spacial score (nSPS) is 10.0. The Morgan fingerprint density at radius 3 is 2.50 bits per heavy atom. The molecule has 0 saturated carbocycles. The summed E-state index contributed by atoms with van der Waals surface area (Å²) >= 11 is 0. The lowest BCUT2D eigenvalue weighted by Crippen LogP contribution is -2.30. The van der Waals surface area contributed by atoms with Crippen molar-refractivity contribution < 1.29 is 4.79 Å². The summed E-state index contributed by atoms with van der Waals surface area (Å²) < 4.78 is 0. The van der Waals surface area contributed by atoms with E-state index in [0.29, 0.717) is 29.3 Å². The molecule has 1 N–H and O–H groups in total. The number of benzene rings is 2. The van der Waals surface area contributed by atoms with E-state index in [0.717, 1.165) is 5.69 Å². The molecule has 3 rings (SSSR count). The molecular weight excluding hydrogens is 326 g/mol. The molecule has 1 heterocycles. The van der Waals surface area contributed by atoms with Gasteiger partial charge in [-0.25, -0.2) is 9.97 Å². The highest BCUT2D eigenvalue weighted by atomic mass is 16.2. The smallest absolute Gasteiger partial charge is 0.261 e. The standard InChI is InChI=1S/C20H17N5O/c1-2-25(18-9-4-3-5-10-18)19(26)16-13-22-20(23-14-16)24-17-8-6-7-15(11-17)12-21/h3-11,13-14H,2H2,1H3,(H,22,23,24). The second-order valence-corrected chi connectivity index (χ2v) is 5.50. The van der Waals surface area contributed by atoms with E-state index in [2.05, 4.69) is 21.4 Å². The summed E-state index contributed by atoms with van der Waals surface area (Å²) in [5.41, 5.74) is 2.49. The molecule has 26 heavy (non-hydrogen) atoms. The number of hydrogen-bond donors (Lipinski definition) is 1. The Kier molecular flexibility index (Phi) is 5.20. The predicted molar refractivity (Wildman–Crippen MR) is 100 cm³/mol. The number of nitriles is 1. The molecule has 0 aliphatic rings. The van der Waals surface area contributed by atoms with Gasteiger partial charge in [0.15, 0.2) is 0 Å². The molecule has 0 aliphatic carbocycles. The summed E-state index contributed by atoms with van der Waals surface area (Å²) in [7, 11) is 0. The number of hydrogen-bond acceptors (Lipinski definition) is 5. The number of nitrogens with zero attached hydrogens (tertiary/aromatic N) is 4. The molecule has 2 aromatic carbocycles. The van der Waals surface area contributed by atoms with Crippen LogP contribution in [0.15, 0.2) is 67.0 Å². The van der Waals surface area contributed by atoms with E-state index >= 15 is 0 Å². The molecule has 0 radical (unpaired) electrons. The second kappa shape index (κ2) is 7.90. The number of carbonyl (C=O) groups excluding carboxylic acids is 1. The lowest BCUT2D eigenvalue weighted by atomic mass is 10.2. The van der Waals surface area contributed by atoms with Crippen molar-refractivity contribution in [1.82, 2.24) is 9.97 Å². The molecule has 3 aromatic rings. The second-order valence-electron chi connectivity index (χ2n) is 5.50. The van der Waals surface area contributed by atoms with Crippen LogP contribution in [-0.2, 0) is 0 Å². The van der Waals surface area contributed by atoms with Crippen LogP contribution in [0, 0.1) is 11.3 Å². The fourth-order valence-corrected chi connectivity index (χ4v) is 2.51. The van der Waals surface area contributed by atoms with Crippen molar-refractivity contribution in [3.05, 3.63) is 78.1 Å². The largest absolute Gasteiger partial charge is 0.324 e.